The molecule has 1 heterocycles. The maximum Gasteiger partial charge on any atom is 0.230 e. The van der Waals surface area contributed by atoms with Gasteiger partial charge in [0, 0.05) is 10.9 Å². The van der Waals surface area contributed by atoms with E-state index in [2.05, 4.69) is 36.3 Å². The number of nitrogens with zero attached hydrogens (tertiary/aromatic N) is 1. The van der Waals surface area contributed by atoms with Crippen LogP contribution < -0.4 is 5.32 Å². The van der Waals surface area contributed by atoms with Crippen molar-refractivity contribution in [1.82, 2.24) is 4.98 Å². The number of anilines is 1. The molecule has 0 aliphatic carbocycles. The van der Waals surface area contributed by atoms with Gasteiger partial charge in [0.25, 0.3) is 0 Å². The minimum Gasteiger partial charge on any atom is -0.302 e. The molecule has 0 spiro atoms. The predicted molar refractivity (Wildman–Crippen MR) is 118 cm³/mol. The average Bonchev–Trinajstić information content (AvgIpc) is 3.16. The number of hydrogen-bond acceptors (Lipinski definition) is 5. The Morgan fingerprint density at radius 2 is 1.72 bits per heavy atom. The van der Waals surface area contributed by atoms with Crippen molar-refractivity contribution in [3.8, 4) is 11.3 Å². The molecule has 0 aliphatic rings. The molecule has 0 atom stereocenters. The van der Waals surface area contributed by atoms with Gasteiger partial charge in [-0.15, -0.1) is 11.3 Å². The molecular formula is C22H24N2O3S2. The van der Waals surface area contributed by atoms with E-state index < -0.39 is 9.84 Å². The molecule has 1 N–H and O–H groups in total. The van der Waals surface area contributed by atoms with Gasteiger partial charge in [0.15, 0.2) is 15.0 Å². The lowest BCUT2D eigenvalue weighted by Gasteiger charge is -2.05. The van der Waals surface area contributed by atoms with E-state index in [0.29, 0.717) is 11.0 Å². The van der Waals surface area contributed by atoms with Gasteiger partial charge >= 0.3 is 0 Å². The number of benzene rings is 2. The second-order valence-electron chi connectivity index (χ2n) is 7.09. The van der Waals surface area contributed by atoms with E-state index in [1.807, 2.05) is 17.5 Å². The topological polar surface area (TPSA) is 76.1 Å². The summed E-state index contributed by atoms with van der Waals surface area (Å²) < 4.78 is 23.7. The standard InChI is InChI=1S/C22H24N2O3S2/c1-4-29(26,27)19-11-5-16(6-12-19)13-21(25)24-22-23-20(14-28-22)18-9-7-17(8-10-18)15(2)3/h5-12,14-15H,4,13H2,1-3H3,(H,23,24,25). The van der Waals surface area contributed by atoms with Gasteiger partial charge < -0.3 is 5.32 Å². The summed E-state index contributed by atoms with van der Waals surface area (Å²) in [5, 5.41) is 5.28. The molecule has 0 fully saturated rings. The van der Waals surface area contributed by atoms with Crippen LogP contribution in [-0.2, 0) is 21.1 Å². The van der Waals surface area contributed by atoms with Gasteiger partial charge in [-0.2, -0.15) is 0 Å². The van der Waals surface area contributed by atoms with Gasteiger partial charge in [-0.1, -0.05) is 57.2 Å². The Balaban J connectivity index is 1.63. The molecule has 1 aromatic heterocycles. The van der Waals surface area contributed by atoms with E-state index >= 15 is 0 Å². The molecule has 0 saturated heterocycles. The summed E-state index contributed by atoms with van der Waals surface area (Å²) in [6.45, 7) is 5.92. The van der Waals surface area contributed by atoms with Gasteiger partial charge in [0.2, 0.25) is 5.91 Å². The largest absolute Gasteiger partial charge is 0.302 e. The fraction of sp³-hybridized carbons (Fsp3) is 0.273. The minimum atomic E-state index is -3.23. The summed E-state index contributed by atoms with van der Waals surface area (Å²) in [7, 11) is -3.23. The summed E-state index contributed by atoms with van der Waals surface area (Å²) in [4.78, 5) is 17.1. The molecule has 0 radical (unpaired) electrons. The van der Waals surface area contributed by atoms with Crippen LogP contribution in [0.3, 0.4) is 0 Å². The lowest BCUT2D eigenvalue weighted by atomic mass is 10.0. The zero-order chi connectivity index (χ0) is 21.0. The number of carbonyl (C=O) groups excluding carboxylic acids is 1. The number of carbonyl (C=O) groups is 1. The first-order valence-corrected chi connectivity index (χ1v) is 12.0. The molecule has 3 aromatic rings. The molecule has 2 aromatic carbocycles. The van der Waals surface area contributed by atoms with E-state index in [-0.39, 0.29) is 23.0 Å². The molecule has 0 saturated carbocycles. The van der Waals surface area contributed by atoms with Crippen LogP contribution in [0.5, 0.6) is 0 Å². The molecule has 5 nitrogen and oxygen atoms in total. The van der Waals surface area contributed by atoms with E-state index in [9.17, 15) is 13.2 Å². The number of aromatic nitrogens is 1. The lowest BCUT2D eigenvalue weighted by molar-refractivity contribution is -0.115. The van der Waals surface area contributed by atoms with Crippen LogP contribution in [0.4, 0.5) is 5.13 Å². The molecule has 0 aliphatic heterocycles. The second-order valence-corrected chi connectivity index (χ2v) is 10.2. The SMILES string of the molecule is CCS(=O)(=O)c1ccc(CC(=O)Nc2nc(-c3ccc(C(C)C)cc3)cs2)cc1. The quantitative estimate of drug-likeness (QED) is 0.580. The Bertz CT molecular complexity index is 1080. The third-order valence-electron chi connectivity index (χ3n) is 4.65. The van der Waals surface area contributed by atoms with Crippen LogP contribution in [-0.4, -0.2) is 25.1 Å². The Hall–Kier alpha value is -2.51. The molecule has 152 valence electrons. The number of sulfone groups is 1. The summed E-state index contributed by atoms with van der Waals surface area (Å²) in [5.74, 6) is 0.344. The number of hydrogen-bond donors (Lipinski definition) is 1. The number of amides is 1. The lowest BCUT2D eigenvalue weighted by Crippen LogP contribution is -2.14. The van der Waals surface area contributed by atoms with Crippen LogP contribution >= 0.6 is 11.3 Å². The van der Waals surface area contributed by atoms with Crippen molar-refractivity contribution in [3.05, 3.63) is 65.0 Å². The second kappa shape index (κ2) is 8.88. The Morgan fingerprint density at radius 1 is 1.07 bits per heavy atom. The van der Waals surface area contributed by atoms with Crippen molar-refractivity contribution < 1.29 is 13.2 Å². The van der Waals surface area contributed by atoms with Gasteiger partial charge in [0.05, 0.1) is 22.8 Å². The van der Waals surface area contributed by atoms with Crippen molar-refractivity contribution in [1.29, 1.82) is 0 Å². The number of rotatable bonds is 7. The summed E-state index contributed by atoms with van der Waals surface area (Å²) in [6.07, 6.45) is 0.157. The maximum absolute atomic E-state index is 12.3. The van der Waals surface area contributed by atoms with E-state index in [4.69, 9.17) is 0 Å². The van der Waals surface area contributed by atoms with Crippen molar-refractivity contribution in [2.45, 2.75) is 38.0 Å². The smallest absolute Gasteiger partial charge is 0.230 e. The molecular weight excluding hydrogens is 404 g/mol. The zero-order valence-corrected chi connectivity index (χ0v) is 18.3. The molecule has 29 heavy (non-hydrogen) atoms. The molecule has 0 bridgehead atoms. The first kappa shape index (κ1) is 21.2. The molecule has 3 rings (SSSR count). The maximum atomic E-state index is 12.3. The Kier molecular flexibility index (Phi) is 6.49. The van der Waals surface area contributed by atoms with Crippen molar-refractivity contribution in [2.24, 2.45) is 0 Å². The van der Waals surface area contributed by atoms with Crippen molar-refractivity contribution >= 4 is 32.2 Å². The summed E-state index contributed by atoms with van der Waals surface area (Å²) in [6, 6.07) is 14.7. The summed E-state index contributed by atoms with van der Waals surface area (Å²) >= 11 is 1.38. The monoisotopic (exact) mass is 428 g/mol. The van der Waals surface area contributed by atoms with E-state index in [1.165, 1.54) is 16.9 Å². The molecule has 1 amide bonds. The highest BCUT2D eigenvalue weighted by molar-refractivity contribution is 7.91. The van der Waals surface area contributed by atoms with Crippen LogP contribution in [0.15, 0.2) is 58.8 Å². The first-order chi connectivity index (χ1) is 13.8. The number of thiazole rings is 1. The minimum absolute atomic E-state index is 0.0550. The fourth-order valence-electron chi connectivity index (χ4n) is 2.83. The Labute approximate surface area is 175 Å². The molecule has 0 unspecified atom stereocenters. The van der Waals surface area contributed by atoms with Gasteiger partial charge in [-0.3, -0.25) is 4.79 Å². The predicted octanol–water partition coefficient (Wildman–Crippen LogP) is 4.91. The third kappa shape index (κ3) is 5.31. The Morgan fingerprint density at radius 3 is 2.31 bits per heavy atom. The zero-order valence-electron chi connectivity index (χ0n) is 16.7. The normalized spacial score (nSPS) is 11.6. The number of nitrogens with one attached hydrogen (secondary N) is 1. The van der Waals surface area contributed by atoms with Crippen LogP contribution in [0.2, 0.25) is 0 Å². The highest BCUT2D eigenvalue weighted by atomic mass is 32.2. The first-order valence-electron chi connectivity index (χ1n) is 9.46. The highest BCUT2D eigenvalue weighted by Gasteiger charge is 2.13. The van der Waals surface area contributed by atoms with E-state index in [0.717, 1.165) is 16.8 Å². The fourth-order valence-corrected chi connectivity index (χ4v) is 4.45. The van der Waals surface area contributed by atoms with Crippen molar-refractivity contribution in [2.75, 3.05) is 11.1 Å². The van der Waals surface area contributed by atoms with Crippen LogP contribution in [0.1, 0.15) is 37.8 Å². The van der Waals surface area contributed by atoms with E-state index in [1.54, 1.807) is 31.2 Å². The average molecular weight is 429 g/mol. The van der Waals surface area contributed by atoms with Crippen LogP contribution in [0, 0.1) is 0 Å². The molecule has 7 heteroatoms. The highest BCUT2D eigenvalue weighted by Crippen LogP contribution is 2.26. The summed E-state index contributed by atoms with van der Waals surface area (Å²) in [5.41, 5.74) is 3.86. The third-order valence-corrected chi connectivity index (χ3v) is 7.16. The van der Waals surface area contributed by atoms with Gasteiger partial charge in [0.1, 0.15) is 0 Å². The van der Waals surface area contributed by atoms with Gasteiger partial charge in [-0.05, 0) is 29.2 Å². The van der Waals surface area contributed by atoms with Crippen LogP contribution in [0.25, 0.3) is 11.3 Å². The van der Waals surface area contributed by atoms with Crippen molar-refractivity contribution in [3.63, 3.8) is 0 Å². The van der Waals surface area contributed by atoms with Gasteiger partial charge in [-0.25, -0.2) is 13.4 Å².